The Morgan fingerprint density at radius 2 is 1.76 bits per heavy atom. The smallest absolute Gasteiger partial charge is 0.315 e. The third-order valence-corrected chi connectivity index (χ3v) is 3.26. The molecule has 0 aliphatic carbocycles. The van der Waals surface area contributed by atoms with Crippen LogP contribution in [0.25, 0.3) is 0 Å². The van der Waals surface area contributed by atoms with Gasteiger partial charge in [0, 0.05) is 13.1 Å². The van der Waals surface area contributed by atoms with Gasteiger partial charge in [0.25, 0.3) is 6.43 Å². The summed E-state index contributed by atoms with van der Waals surface area (Å²) in [5, 5.41) is 14.1. The van der Waals surface area contributed by atoms with E-state index in [1.165, 1.54) is 0 Å². The number of nitrogens with one attached hydrogen (secondary N) is 2. The molecule has 2 amide bonds. The average molecular weight is 345 g/mol. The number of carbonyl (C=O) groups excluding carboxylic acids is 1. The number of nitrogens with zero attached hydrogens (tertiary/aromatic N) is 1. The molecule has 0 bridgehead atoms. The van der Waals surface area contributed by atoms with Gasteiger partial charge in [0.2, 0.25) is 0 Å². The maximum atomic E-state index is 12.1. The predicted molar refractivity (Wildman–Crippen MR) is 88.2 cm³/mol. The molecular formula is C18H17F2N3O2. The van der Waals surface area contributed by atoms with Crippen molar-refractivity contribution in [1.82, 2.24) is 10.6 Å². The first kappa shape index (κ1) is 18.2. The first-order valence-electron chi connectivity index (χ1n) is 7.57. The van der Waals surface area contributed by atoms with Crippen LogP contribution in [0, 0.1) is 11.3 Å². The van der Waals surface area contributed by atoms with E-state index in [9.17, 15) is 13.6 Å². The molecule has 2 aromatic rings. The number of hydrogen-bond acceptors (Lipinski definition) is 3. The van der Waals surface area contributed by atoms with Crippen LogP contribution >= 0.6 is 0 Å². The fourth-order valence-corrected chi connectivity index (χ4v) is 2.03. The number of hydrogen-bond donors (Lipinski definition) is 2. The molecular weight excluding hydrogens is 328 g/mol. The first-order valence-corrected chi connectivity index (χ1v) is 7.57. The van der Waals surface area contributed by atoms with Gasteiger partial charge >= 0.3 is 6.03 Å². The van der Waals surface area contributed by atoms with Gasteiger partial charge in [-0.1, -0.05) is 24.3 Å². The summed E-state index contributed by atoms with van der Waals surface area (Å²) in [5.41, 5.74) is 2.17. The molecule has 2 rings (SSSR count). The quantitative estimate of drug-likeness (QED) is 0.809. The first-order chi connectivity index (χ1) is 12.1. The van der Waals surface area contributed by atoms with E-state index in [1.807, 2.05) is 6.07 Å². The standard InChI is InChI=1S/C18H17F2N3O2/c19-17(20)12-25-16-3-1-2-15(8-16)11-23-18(24)22-10-14-6-4-13(9-21)5-7-14/h1-8,17H,10-12H2,(H2,22,23,24). The molecule has 25 heavy (non-hydrogen) atoms. The van der Waals surface area contributed by atoms with Crippen LogP contribution in [0.2, 0.25) is 0 Å². The Kier molecular flexibility index (Phi) is 6.72. The van der Waals surface area contributed by atoms with E-state index in [1.54, 1.807) is 48.5 Å². The minimum absolute atomic E-state index is 0.241. The molecule has 0 aliphatic heterocycles. The van der Waals surface area contributed by atoms with Gasteiger partial charge in [-0.15, -0.1) is 0 Å². The molecule has 0 fully saturated rings. The second-order valence-corrected chi connectivity index (χ2v) is 5.19. The van der Waals surface area contributed by atoms with Crippen molar-refractivity contribution in [2.24, 2.45) is 0 Å². The lowest BCUT2D eigenvalue weighted by Crippen LogP contribution is -2.34. The maximum Gasteiger partial charge on any atom is 0.315 e. The van der Waals surface area contributed by atoms with Gasteiger partial charge in [0.05, 0.1) is 11.6 Å². The summed E-state index contributed by atoms with van der Waals surface area (Å²) in [7, 11) is 0. The van der Waals surface area contributed by atoms with Crippen molar-refractivity contribution in [2.45, 2.75) is 19.5 Å². The SMILES string of the molecule is N#Cc1ccc(CNC(=O)NCc2cccc(OCC(F)F)c2)cc1. The molecule has 0 unspecified atom stereocenters. The molecule has 7 heteroatoms. The number of alkyl halides is 2. The van der Waals surface area contributed by atoms with Crippen molar-refractivity contribution < 1.29 is 18.3 Å². The zero-order chi connectivity index (χ0) is 18.1. The van der Waals surface area contributed by atoms with Crippen LogP contribution in [0.15, 0.2) is 48.5 Å². The van der Waals surface area contributed by atoms with Gasteiger partial charge in [0.1, 0.15) is 12.4 Å². The van der Waals surface area contributed by atoms with Gasteiger partial charge in [0.15, 0.2) is 0 Å². The van der Waals surface area contributed by atoms with Gasteiger partial charge < -0.3 is 15.4 Å². The monoisotopic (exact) mass is 345 g/mol. The minimum Gasteiger partial charge on any atom is -0.488 e. The Morgan fingerprint density at radius 1 is 1.08 bits per heavy atom. The third kappa shape index (κ3) is 6.47. The molecule has 0 spiro atoms. The molecule has 0 aliphatic rings. The van der Waals surface area contributed by atoms with Crippen LogP contribution < -0.4 is 15.4 Å². The number of carbonyl (C=O) groups is 1. The van der Waals surface area contributed by atoms with Crippen molar-refractivity contribution in [3.63, 3.8) is 0 Å². The second-order valence-electron chi connectivity index (χ2n) is 5.19. The second kappa shape index (κ2) is 9.23. The molecule has 0 heterocycles. The van der Waals surface area contributed by atoms with Crippen LogP contribution in [-0.2, 0) is 13.1 Å². The van der Waals surface area contributed by atoms with Gasteiger partial charge in [-0.2, -0.15) is 5.26 Å². The third-order valence-electron chi connectivity index (χ3n) is 3.26. The van der Waals surface area contributed by atoms with Gasteiger partial charge in [-0.05, 0) is 35.4 Å². The highest BCUT2D eigenvalue weighted by Gasteiger charge is 2.05. The molecule has 0 saturated heterocycles. The van der Waals surface area contributed by atoms with Gasteiger partial charge in [-0.3, -0.25) is 0 Å². The summed E-state index contributed by atoms with van der Waals surface area (Å²) in [5.74, 6) is 0.331. The zero-order valence-electron chi connectivity index (χ0n) is 13.3. The lowest BCUT2D eigenvalue weighted by molar-refractivity contribution is 0.0818. The van der Waals surface area contributed by atoms with Crippen molar-refractivity contribution in [3.8, 4) is 11.8 Å². The Labute approximate surface area is 144 Å². The lowest BCUT2D eigenvalue weighted by Gasteiger charge is -2.10. The number of halogens is 2. The normalized spacial score (nSPS) is 10.2. The zero-order valence-corrected chi connectivity index (χ0v) is 13.3. The van der Waals surface area contributed by atoms with E-state index in [-0.39, 0.29) is 12.6 Å². The summed E-state index contributed by atoms with van der Waals surface area (Å²) in [6.07, 6.45) is -2.53. The lowest BCUT2D eigenvalue weighted by atomic mass is 10.1. The molecule has 0 atom stereocenters. The summed E-state index contributed by atoms with van der Waals surface area (Å²) in [6.45, 7) is -0.0951. The molecule has 0 saturated carbocycles. The predicted octanol–water partition coefficient (Wildman–Crippen LogP) is 3.20. The Bertz CT molecular complexity index is 743. The van der Waals surface area contributed by atoms with Crippen molar-refractivity contribution in [1.29, 1.82) is 5.26 Å². The molecule has 5 nitrogen and oxygen atoms in total. The molecule has 2 N–H and O–H groups in total. The van der Waals surface area contributed by atoms with Crippen LogP contribution in [-0.4, -0.2) is 19.1 Å². The largest absolute Gasteiger partial charge is 0.488 e. The van der Waals surface area contributed by atoms with Crippen LogP contribution in [0.4, 0.5) is 13.6 Å². The number of benzene rings is 2. The Hall–Kier alpha value is -3.14. The average Bonchev–Trinajstić information content (AvgIpc) is 2.63. The molecule has 130 valence electrons. The molecule has 2 aromatic carbocycles. The van der Waals surface area contributed by atoms with E-state index in [0.29, 0.717) is 17.9 Å². The fourth-order valence-electron chi connectivity index (χ4n) is 2.03. The van der Waals surface area contributed by atoms with Crippen molar-refractivity contribution >= 4 is 6.03 Å². The summed E-state index contributed by atoms with van der Waals surface area (Å²) >= 11 is 0. The van der Waals surface area contributed by atoms with Crippen molar-refractivity contribution in [2.75, 3.05) is 6.61 Å². The maximum absolute atomic E-state index is 12.1. The highest BCUT2D eigenvalue weighted by Crippen LogP contribution is 2.14. The number of urea groups is 1. The van der Waals surface area contributed by atoms with Crippen molar-refractivity contribution in [3.05, 3.63) is 65.2 Å². The summed E-state index contributed by atoms with van der Waals surface area (Å²) in [6, 6.07) is 15.2. The molecule has 0 aromatic heterocycles. The fraction of sp³-hybridized carbons (Fsp3) is 0.222. The van der Waals surface area contributed by atoms with E-state index in [2.05, 4.69) is 10.6 Å². The summed E-state index contributed by atoms with van der Waals surface area (Å²) in [4.78, 5) is 11.8. The Morgan fingerprint density at radius 3 is 2.40 bits per heavy atom. The van der Waals surface area contributed by atoms with Gasteiger partial charge in [-0.25, -0.2) is 13.6 Å². The summed E-state index contributed by atoms with van der Waals surface area (Å²) < 4.78 is 29.2. The van der Waals surface area contributed by atoms with E-state index < -0.39 is 13.0 Å². The molecule has 0 radical (unpaired) electrons. The van der Waals surface area contributed by atoms with E-state index in [4.69, 9.17) is 10.00 Å². The highest BCUT2D eigenvalue weighted by atomic mass is 19.3. The highest BCUT2D eigenvalue weighted by molar-refractivity contribution is 5.73. The number of nitriles is 1. The minimum atomic E-state index is -2.53. The van der Waals surface area contributed by atoms with Crippen LogP contribution in [0.3, 0.4) is 0 Å². The topological polar surface area (TPSA) is 74.2 Å². The van der Waals surface area contributed by atoms with Crippen LogP contribution in [0.1, 0.15) is 16.7 Å². The number of rotatable bonds is 7. The van der Waals surface area contributed by atoms with E-state index >= 15 is 0 Å². The van der Waals surface area contributed by atoms with E-state index in [0.717, 1.165) is 11.1 Å². The number of ether oxygens (including phenoxy) is 1. The Balaban J connectivity index is 1.77. The van der Waals surface area contributed by atoms with Crippen LogP contribution in [0.5, 0.6) is 5.75 Å². The number of amides is 2.